The fraction of sp³-hybridized carbons (Fsp3) is 0.429. The molecule has 7 nitrogen and oxygen atoms in total. The standard InChI is InChI=1S/C28H34N4O3/c1-19(2)11-12-32-26-10-5-4-9-25(26)27(30-32)28(33)29-21-14-22-17-35-18-23(15-21)31(22)16-20-7-6-8-24(13-20)34-3/h4-11,13,21-23H,12,14-18H2,1-3H3,(H,29,33)/t21-,22-,23+. The van der Waals surface area contributed by atoms with Gasteiger partial charge in [-0.25, -0.2) is 0 Å². The minimum atomic E-state index is -0.0950. The summed E-state index contributed by atoms with van der Waals surface area (Å²) in [6.07, 6.45) is 3.85. The van der Waals surface area contributed by atoms with Gasteiger partial charge in [0.25, 0.3) is 5.91 Å². The highest BCUT2D eigenvalue weighted by atomic mass is 16.5. The monoisotopic (exact) mass is 474 g/mol. The molecule has 1 N–H and O–H groups in total. The van der Waals surface area contributed by atoms with Crippen molar-refractivity contribution in [3.8, 4) is 5.75 Å². The molecule has 3 heterocycles. The Hall–Kier alpha value is -3.16. The fourth-order valence-corrected chi connectivity index (χ4v) is 5.30. The van der Waals surface area contributed by atoms with Crippen LogP contribution in [0.2, 0.25) is 0 Å². The van der Waals surface area contributed by atoms with Gasteiger partial charge < -0.3 is 14.8 Å². The van der Waals surface area contributed by atoms with Crippen LogP contribution in [0.3, 0.4) is 0 Å². The molecule has 0 radical (unpaired) electrons. The number of nitrogens with one attached hydrogen (secondary N) is 1. The van der Waals surface area contributed by atoms with E-state index in [1.807, 2.05) is 41.1 Å². The van der Waals surface area contributed by atoms with Gasteiger partial charge >= 0.3 is 0 Å². The number of amides is 1. The largest absolute Gasteiger partial charge is 0.497 e. The van der Waals surface area contributed by atoms with Gasteiger partial charge in [0.1, 0.15) is 5.75 Å². The van der Waals surface area contributed by atoms with Crippen LogP contribution in [-0.4, -0.2) is 59.0 Å². The maximum Gasteiger partial charge on any atom is 0.272 e. The molecular weight excluding hydrogens is 440 g/mol. The van der Waals surface area contributed by atoms with E-state index >= 15 is 0 Å². The van der Waals surface area contributed by atoms with E-state index in [0.29, 0.717) is 25.5 Å². The van der Waals surface area contributed by atoms with Crippen molar-refractivity contribution in [1.29, 1.82) is 0 Å². The van der Waals surface area contributed by atoms with Gasteiger partial charge in [0.2, 0.25) is 0 Å². The lowest BCUT2D eigenvalue weighted by Crippen LogP contribution is -2.60. The average molecular weight is 475 g/mol. The molecule has 2 saturated heterocycles. The van der Waals surface area contributed by atoms with Gasteiger partial charge in [-0.2, -0.15) is 5.10 Å². The number of rotatable bonds is 7. The number of allylic oxidation sites excluding steroid dienone is 2. The van der Waals surface area contributed by atoms with Crippen molar-refractivity contribution in [2.24, 2.45) is 0 Å². The van der Waals surface area contributed by atoms with Crippen LogP contribution < -0.4 is 10.1 Å². The first-order valence-electron chi connectivity index (χ1n) is 12.4. The van der Waals surface area contributed by atoms with Gasteiger partial charge in [-0.05, 0) is 50.5 Å². The summed E-state index contributed by atoms with van der Waals surface area (Å²) < 4.78 is 13.2. The van der Waals surface area contributed by atoms with E-state index in [1.54, 1.807) is 7.11 Å². The lowest BCUT2D eigenvalue weighted by atomic mass is 9.89. The number of carbonyl (C=O) groups excluding carboxylic acids is 1. The summed E-state index contributed by atoms with van der Waals surface area (Å²) in [7, 11) is 1.70. The molecule has 3 atom stereocenters. The first kappa shape index (κ1) is 23.6. The van der Waals surface area contributed by atoms with Crippen LogP contribution in [0, 0.1) is 0 Å². The molecule has 2 fully saturated rings. The predicted molar refractivity (Wildman–Crippen MR) is 137 cm³/mol. The molecule has 35 heavy (non-hydrogen) atoms. The molecule has 2 aliphatic heterocycles. The third-order valence-corrected chi connectivity index (χ3v) is 7.05. The van der Waals surface area contributed by atoms with Gasteiger partial charge in [-0.1, -0.05) is 42.0 Å². The highest BCUT2D eigenvalue weighted by Crippen LogP contribution is 2.30. The lowest BCUT2D eigenvalue weighted by Gasteiger charge is -2.48. The van der Waals surface area contributed by atoms with E-state index in [1.165, 1.54) is 11.1 Å². The summed E-state index contributed by atoms with van der Waals surface area (Å²) in [4.78, 5) is 15.9. The van der Waals surface area contributed by atoms with Crippen LogP contribution in [0.15, 0.2) is 60.2 Å². The second kappa shape index (κ2) is 10.2. The zero-order valence-electron chi connectivity index (χ0n) is 20.7. The molecule has 2 aromatic carbocycles. The molecule has 2 bridgehead atoms. The lowest BCUT2D eigenvalue weighted by molar-refractivity contribution is -0.0843. The van der Waals surface area contributed by atoms with E-state index in [4.69, 9.17) is 14.6 Å². The molecule has 7 heteroatoms. The maximum absolute atomic E-state index is 13.4. The average Bonchev–Trinajstić information content (AvgIpc) is 3.22. The van der Waals surface area contributed by atoms with Crippen LogP contribution >= 0.6 is 0 Å². The molecule has 1 amide bonds. The molecule has 1 aromatic heterocycles. The summed E-state index contributed by atoms with van der Waals surface area (Å²) in [6, 6.07) is 16.8. The van der Waals surface area contributed by atoms with E-state index in [-0.39, 0.29) is 24.0 Å². The maximum atomic E-state index is 13.4. The molecule has 2 aliphatic rings. The Bertz CT molecular complexity index is 1220. The Morgan fingerprint density at radius 2 is 1.91 bits per heavy atom. The Morgan fingerprint density at radius 1 is 1.14 bits per heavy atom. The third-order valence-electron chi connectivity index (χ3n) is 7.05. The number of carbonyl (C=O) groups is 1. The number of aromatic nitrogens is 2. The van der Waals surface area contributed by atoms with Gasteiger partial charge in [-0.3, -0.25) is 14.4 Å². The molecule has 0 spiro atoms. The number of hydrogen-bond donors (Lipinski definition) is 1. The molecule has 0 unspecified atom stereocenters. The van der Waals surface area contributed by atoms with Gasteiger partial charge in [-0.15, -0.1) is 0 Å². The SMILES string of the molecule is COc1cccc(CN2[C@@H]3COC[C@H]2C[C@@H](NC(=O)c2nn(CC=C(C)C)c4ccccc24)C3)c1. The first-order chi connectivity index (χ1) is 17.0. The number of hydrogen-bond acceptors (Lipinski definition) is 5. The summed E-state index contributed by atoms with van der Waals surface area (Å²) in [6.45, 7) is 7.03. The molecule has 184 valence electrons. The van der Waals surface area contributed by atoms with Crippen LogP contribution in [0.1, 0.15) is 42.7 Å². The number of nitrogens with zero attached hydrogens (tertiary/aromatic N) is 3. The fourth-order valence-electron chi connectivity index (χ4n) is 5.30. The van der Waals surface area contributed by atoms with Crippen molar-refractivity contribution in [2.45, 2.75) is 57.9 Å². The van der Waals surface area contributed by atoms with Gasteiger partial charge in [0.15, 0.2) is 5.69 Å². The summed E-state index contributed by atoms with van der Waals surface area (Å²) in [5, 5.41) is 8.90. The van der Waals surface area contributed by atoms with Crippen LogP contribution in [0.4, 0.5) is 0 Å². The van der Waals surface area contributed by atoms with Gasteiger partial charge in [0, 0.05) is 30.1 Å². The number of benzene rings is 2. The highest BCUT2D eigenvalue weighted by molar-refractivity contribution is 6.05. The van der Waals surface area contributed by atoms with Gasteiger partial charge in [0.05, 0.1) is 32.4 Å². The van der Waals surface area contributed by atoms with Crippen molar-refractivity contribution >= 4 is 16.8 Å². The second-order valence-electron chi connectivity index (χ2n) is 9.84. The van der Waals surface area contributed by atoms with E-state index in [2.05, 4.69) is 42.3 Å². The number of ether oxygens (including phenoxy) is 2. The predicted octanol–water partition coefficient (Wildman–Crippen LogP) is 4.17. The zero-order valence-corrected chi connectivity index (χ0v) is 20.7. The Balaban J connectivity index is 1.30. The minimum absolute atomic E-state index is 0.0950. The number of methoxy groups -OCH3 is 1. The highest BCUT2D eigenvalue weighted by Gasteiger charge is 2.39. The molecule has 5 rings (SSSR count). The number of fused-ring (bicyclic) bond motifs is 3. The van der Waals surface area contributed by atoms with E-state index < -0.39 is 0 Å². The Morgan fingerprint density at radius 3 is 2.66 bits per heavy atom. The molecule has 3 aromatic rings. The van der Waals surface area contributed by atoms with Crippen LogP contribution in [0.25, 0.3) is 10.9 Å². The van der Waals surface area contributed by atoms with Crippen molar-refractivity contribution < 1.29 is 14.3 Å². The molecule has 0 aliphatic carbocycles. The van der Waals surface area contributed by atoms with Crippen molar-refractivity contribution in [3.05, 3.63) is 71.4 Å². The van der Waals surface area contributed by atoms with Crippen molar-refractivity contribution in [1.82, 2.24) is 20.0 Å². The normalized spacial score (nSPS) is 22.1. The number of morpholine rings is 1. The quantitative estimate of drug-likeness (QED) is 0.521. The number of piperidine rings is 1. The van der Waals surface area contributed by atoms with Crippen LogP contribution in [0.5, 0.6) is 5.75 Å². The van der Waals surface area contributed by atoms with E-state index in [9.17, 15) is 4.79 Å². The smallest absolute Gasteiger partial charge is 0.272 e. The second-order valence-corrected chi connectivity index (χ2v) is 9.84. The van der Waals surface area contributed by atoms with Crippen molar-refractivity contribution in [2.75, 3.05) is 20.3 Å². The molecular formula is C28H34N4O3. The number of para-hydroxylation sites is 1. The van der Waals surface area contributed by atoms with E-state index in [0.717, 1.165) is 36.0 Å². The Kier molecular flexibility index (Phi) is 6.88. The van der Waals surface area contributed by atoms with Crippen molar-refractivity contribution in [3.63, 3.8) is 0 Å². The summed E-state index contributed by atoms with van der Waals surface area (Å²) >= 11 is 0. The zero-order chi connectivity index (χ0) is 24.4. The molecule has 0 saturated carbocycles. The van der Waals surface area contributed by atoms with Crippen LogP contribution in [-0.2, 0) is 17.8 Å². The minimum Gasteiger partial charge on any atom is -0.497 e. The summed E-state index contributed by atoms with van der Waals surface area (Å²) in [5.74, 6) is 0.782. The summed E-state index contributed by atoms with van der Waals surface area (Å²) in [5.41, 5.74) is 3.94. The Labute approximate surface area is 206 Å². The first-order valence-corrected chi connectivity index (χ1v) is 12.4. The third kappa shape index (κ3) is 5.11. The topological polar surface area (TPSA) is 68.6 Å².